The van der Waals surface area contributed by atoms with Crippen molar-refractivity contribution in [3.8, 4) is 5.75 Å². The number of rotatable bonds is 3. The smallest absolute Gasteiger partial charge is 0.338 e. The third kappa shape index (κ3) is 6.77. The maximum Gasteiger partial charge on any atom is 0.338 e. The minimum atomic E-state index is -0.472. The highest BCUT2D eigenvalue weighted by atomic mass is 16.5. The molecule has 0 saturated carbocycles. The molecule has 0 saturated heterocycles. The van der Waals surface area contributed by atoms with Crippen molar-refractivity contribution in [3.63, 3.8) is 0 Å². The summed E-state index contributed by atoms with van der Waals surface area (Å²) in [6, 6.07) is 6.01. The predicted octanol–water partition coefficient (Wildman–Crippen LogP) is 5.34. The van der Waals surface area contributed by atoms with Crippen LogP contribution in [-0.4, -0.2) is 29.3 Å². The molecule has 0 radical (unpaired) electrons. The summed E-state index contributed by atoms with van der Waals surface area (Å²) >= 11 is 0. The van der Waals surface area contributed by atoms with E-state index in [2.05, 4.69) is 26.8 Å². The van der Waals surface area contributed by atoms with E-state index in [0.29, 0.717) is 12.0 Å². The molecule has 29 heavy (non-hydrogen) atoms. The number of aromatic hydroxyl groups is 1. The molecule has 2 rings (SSSR count). The van der Waals surface area contributed by atoms with Gasteiger partial charge in [-0.1, -0.05) is 25.5 Å². The van der Waals surface area contributed by atoms with Gasteiger partial charge in [0.05, 0.1) is 5.56 Å². The van der Waals surface area contributed by atoms with Gasteiger partial charge in [0.15, 0.2) is 0 Å². The first-order valence-corrected chi connectivity index (χ1v) is 10.1. The molecular formula is C24H32O5. The standard InChI is InChI=1S/C24H32O5/c1-16-7-6-14-24(4,5)22(15-17(2)21(13-8-16)28-18(3)25)29-23(27)19-9-11-20(26)12-10-19/h8-12,15,21-22,26H,6-7,13-14H2,1-5H3/b16-8+,17-15+. The van der Waals surface area contributed by atoms with Crippen LogP contribution < -0.4 is 0 Å². The van der Waals surface area contributed by atoms with E-state index in [4.69, 9.17) is 9.47 Å². The van der Waals surface area contributed by atoms with Crippen LogP contribution in [0, 0.1) is 5.41 Å². The summed E-state index contributed by atoms with van der Waals surface area (Å²) in [4.78, 5) is 24.3. The lowest BCUT2D eigenvalue weighted by atomic mass is 9.80. The Bertz CT molecular complexity index is 786. The largest absolute Gasteiger partial charge is 0.508 e. The summed E-state index contributed by atoms with van der Waals surface area (Å²) in [6.07, 6.45) is 6.61. The van der Waals surface area contributed by atoms with Crippen LogP contribution in [0.5, 0.6) is 5.75 Å². The van der Waals surface area contributed by atoms with Crippen LogP contribution >= 0.6 is 0 Å². The number of phenolic OH excluding ortho intramolecular Hbond substituents is 1. The molecule has 2 atom stereocenters. The molecule has 2 unspecified atom stereocenters. The quantitative estimate of drug-likeness (QED) is 0.547. The van der Waals surface area contributed by atoms with Crippen LogP contribution in [0.15, 0.2) is 47.6 Å². The van der Waals surface area contributed by atoms with Crippen molar-refractivity contribution in [2.75, 3.05) is 0 Å². The molecule has 1 aromatic rings. The second kappa shape index (κ2) is 9.77. The molecule has 0 spiro atoms. The Labute approximate surface area is 173 Å². The highest BCUT2D eigenvalue weighted by Crippen LogP contribution is 2.34. The van der Waals surface area contributed by atoms with Gasteiger partial charge in [-0.2, -0.15) is 0 Å². The molecule has 5 nitrogen and oxygen atoms in total. The molecule has 0 aliphatic heterocycles. The lowest BCUT2D eigenvalue weighted by Gasteiger charge is -2.33. The van der Waals surface area contributed by atoms with Crippen molar-refractivity contribution in [2.45, 2.75) is 72.5 Å². The Morgan fingerprint density at radius 2 is 1.76 bits per heavy atom. The van der Waals surface area contributed by atoms with Crippen molar-refractivity contribution in [2.24, 2.45) is 5.41 Å². The summed E-state index contributed by atoms with van der Waals surface area (Å²) in [7, 11) is 0. The second-order valence-corrected chi connectivity index (χ2v) is 8.51. The molecule has 0 aromatic heterocycles. The number of carbonyl (C=O) groups is 2. The molecule has 0 fully saturated rings. The van der Waals surface area contributed by atoms with Crippen LogP contribution in [0.2, 0.25) is 0 Å². The maximum absolute atomic E-state index is 12.7. The van der Waals surface area contributed by atoms with Crippen LogP contribution in [-0.2, 0) is 14.3 Å². The van der Waals surface area contributed by atoms with E-state index in [0.717, 1.165) is 24.8 Å². The molecular weight excluding hydrogens is 368 g/mol. The van der Waals surface area contributed by atoms with E-state index >= 15 is 0 Å². The van der Waals surface area contributed by atoms with Gasteiger partial charge >= 0.3 is 11.9 Å². The molecule has 0 amide bonds. The first kappa shape index (κ1) is 22.7. The summed E-state index contributed by atoms with van der Waals surface area (Å²) in [5, 5.41) is 9.45. The first-order chi connectivity index (χ1) is 13.6. The van der Waals surface area contributed by atoms with Gasteiger partial charge in [0.2, 0.25) is 0 Å². The normalized spacial score (nSPS) is 26.1. The lowest BCUT2D eigenvalue weighted by Crippen LogP contribution is -2.33. The molecule has 1 aromatic carbocycles. The first-order valence-electron chi connectivity index (χ1n) is 10.1. The van der Waals surface area contributed by atoms with Gasteiger partial charge in [-0.15, -0.1) is 0 Å². The number of esters is 2. The van der Waals surface area contributed by atoms with E-state index in [-0.39, 0.29) is 23.2 Å². The highest BCUT2D eigenvalue weighted by molar-refractivity contribution is 5.89. The number of ether oxygens (including phenoxy) is 2. The van der Waals surface area contributed by atoms with E-state index < -0.39 is 12.1 Å². The van der Waals surface area contributed by atoms with E-state index in [1.54, 1.807) is 12.1 Å². The van der Waals surface area contributed by atoms with Crippen LogP contribution in [0.3, 0.4) is 0 Å². The van der Waals surface area contributed by atoms with Gasteiger partial charge in [0.1, 0.15) is 18.0 Å². The molecule has 1 N–H and O–H groups in total. The fourth-order valence-corrected chi connectivity index (χ4v) is 3.45. The number of phenols is 1. The van der Waals surface area contributed by atoms with Crippen LogP contribution in [0.25, 0.3) is 0 Å². The molecule has 1 aliphatic carbocycles. The molecule has 5 heteroatoms. The lowest BCUT2D eigenvalue weighted by molar-refractivity contribution is -0.144. The monoisotopic (exact) mass is 400 g/mol. The van der Waals surface area contributed by atoms with Gasteiger partial charge in [0, 0.05) is 18.8 Å². The maximum atomic E-state index is 12.7. The zero-order valence-electron chi connectivity index (χ0n) is 18.0. The minimum Gasteiger partial charge on any atom is -0.508 e. The Kier molecular flexibility index (Phi) is 7.66. The SMILES string of the molecule is CC(=O)OC1C/C=C(\C)CCCC(C)(C)C(OC(=O)c2ccc(O)cc2)/C=C/1C. The Hall–Kier alpha value is -2.56. The van der Waals surface area contributed by atoms with Crippen molar-refractivity contribution in [1.82, 2.24) is 0 Å². The van der Waals surface area contributed by atoms with Crippen molar-refractivity contribution in [1.29, 1.82) is 0 Å². The van der Waals surface area contributed by atoms with Gasteiger partial charge < -0.3 is 14.6 Å². The number of allylic oxidation sites excluding steroid dienone is 1. The minimum absolute atomic E-state index is 0.0969. The van der Waals surface area contributed by atoms with E-state index in [1.165, 1.54) is 24.6 Å². The fraction of sp³-hybridized carbons (Fsp3) is 0.500. The van der Waals surface area contributed by atoms with Gasteiger partial charge in [-0.25, -0.2) is 4.79 Å². The Morgan fingerprint density at radius 3 is 2.38 bits per heavy atom. The van der Waals surface area contributed by atoms with Gasteiger partial charge in [-0.05, 0) is 69.0 Å². The van der Waals surface area contributed by atoms with Gasteiger partial charge in [0.25, 0.3) is 0 Å². The number of carbonyl (C=O) groups excluding carboxylic acids is 2. The summed E-state index contributed by atoms with van der Waals surface area (Å²) < 4.78 is 11.4. The van der Waals surface area contributed by atoms with Crippen LogP contribution in [0.1, 0.15) is 70.7 Å². The number of benzene rings is 1. The second-order valence-electron chi connectivity index (χ2n) is 8.51. The van der Waals surface area contributed by atoms with Crippen molar-refractivity contribution >= 4 is 11.9 Å². The van der Waals surface area contributed by atoms with E-state index in [9.17, 15) is 14.7 Å². The highest BCUT2D eigenvalue weighted by Gasteiger charge is 2.32. The summed E-state index contributed by atoms with van der Waals surface area (Å²) in [5.41, 5.74) is 2.22. The predicted molar refractivity (Wildman–Crippen MR) is 113 cm³/mol. The Morgan fingerprint density at radius 1 is 1.10 bits per heavy atom. The third-order valence-corrected chi connectivity index (χ3v) is 5.41. The van der Waals surface area contributed by atoms with E-state index in [1.807, 2.05) is 13.0 Å². The fourth-order valence-electron chi connectivity index (χ4n) is 3.45. The zero-order chi connectivity index (χ0) is 21.6. The average Bonchev–Trinajstić information content (AvgIpc) is 2.65. The van der Waals surface area contributed by atoms with Crippen molar-refractivity contribution in [3.05, 3.63) is 53.1 Å². The van der Waals surface area contributed by atoms with Crippen molar-refractivity contribution < 1.29 is 24.2 Å². The third-order valence-electron chi connectivity index (χ3n) is 5.41. The molecule has 0 heterocycles. The number of hydrogen-bond acceptors (Lipinski definition) is 5. The van der Waals surface area contributed by atoms with Crippen LogP contribution in [0.4, 0.5) is 0 Å². The number of hydrogen-bond donors (Lipinski definition) is 1. The zero-order valence-corrected chi connectivity index (χ0v) is 18.0. The summed E-state index contributed by atoms with van der Waals surface area (Å²) in [5.74, 6) is -0.680. The molecule has 158 valence electrons. The van der Waals surface area contributed by atoms with Gasteiger partial charge in [-0.3, -0.25) is 4.79 Å². The summed E-state index contributed by atoms with van der Waals surface area (Å²) in [6.45, 7) is 9.58. The Balaban J connectivity index is 2.34. The molecule has 1 aliphatic rings. The average molecular weight is 401 g/mol. The topological polar surface area (TPSA) is 72.8 Å². The molecule has 0 bridgehead atoms.